The summed E-state index contributed by atoms with van der Waals surface area (Å²) in [5, 5.41) is 5.17. The van der Waals surface area contributed by atoms with Crippen molar-refractivity contribution in [2.45, 2.75) is 27.7 Å². The number of benzene rings is 1. The molecule has 0 saturated carbocycles. The minimum absolute atomic E-state index is 0.198. The third kappa shape index (κ3) is 4.24. The first-order valence-electron chi connectivity index (χ1n) is 10.9. The number of hydrogen-bond donors (Lipinski definition) is 0. The van der Waals surface area contributed by atoms with Crippen LogP contribution in [-0.2, 0) is 4.74 Å². The Balaban J connectivity index is 1.71. The SMILES string of the molecule is CCOC(=O)c1sc2ncn(/N=C\c3cc4ccc(N(CC)CC)cc4oc3=O)c(=O)c2c1C. The highest BCUT2D eigenvalue weighted by Crippen LogP contribution is 2.27. The molecule has 0 fully saturated rings. The quantitative estimate of drug-likeness (QED) is 0.225. The van der Waals surface area contributed by atoms with Gasteiger partial charge in [-0.2, -0.15) is 9.78 Å². The number of aryl methyl sites for hydroxylation is 1. The van der Waals surface area contributed by atoms with Gasteiger partial charge in [0.05, 0.1) is 23.8 Å². The number of ether oxygens (including phenoxy) is 1. The lowest BCUT2D eigenvalue weighted by molar-refractivity contribution is 0.0531. The fraction of sp³-hybridized carbons (Fsp3) is 0.292. The standard InChI is InChI=1S/C24H24N4O5S/c1-5-27(6-2)17-9-8-15-10-16(23(30)33-18(15)11-17)12-26-28-13-25-21-19(22(28)29)14(4)20(34-21)24(31)32-7-3/h8-13H,5-7H2,1-4H3/b26-12-. The second-order valence-electron chi connectivity index (χ2n) is 7.48. The third-order valence-corrected chi connectivity index (χ3v) is 6.67. The van der Waals surface area contributed by atoms with Crippen molar-refractivity contribution in [3.05, 3.63) is 67.4 Å². The van der Waals surface area contributed by atoms with Crippen molar-refractivity contribution in [1.82, 2.24) is 9.66 Å². The van der Waals surface area contributed by atoms with Gasteiger partial charge in [0, 0.05) is 30.2 Å². The molecule has 0 aliphatic rings. The Morgan fingerprint density at radius 1 is 1.24 bits per heavy atom. The van der Waals surface area contributed by atoms with Crippen LogP contribution in [0.2, 0.25) is 0 Å². The monoisotopic (exact) mass is 480 g/mol. The molecule has 0 unspecified atom stereocenters. The van der Waals surface area contributed by atoms with Crippen molar-refractivity contribution in [2.75, 3.05) is 24.6 Å². The number of carbonyl (C=O) groups is 1. The fourth-order valence-electron chi connectivity index (χ4n) is 3.70. The molecule has 0 spiro atoms. The summed E-state index contributed by atoms with van der Waals surface area (Å²) in [7, 11) is 0. The summed E-state index contributed by atoms with van der Waals surface area (Å²) >= 11 is 1.10. The number of hydrogen-bond acceptors (Lipinski definition) is 9. The van der Waals surface area contributed by atoms with Crippen LogP contribution in [0.25, 0.3) is 21.2 Å². The minimum atomic E-state index is -0.564. The van der Waals surface area contributed by atoms with Crippen molar-refractivity contribution in [3.63, 3.8) is 0 Å². The molecule has 4 rings (SSSR count). The first kappa shape index (κ1) is 23.4. The van der Waals surface area contributed by atoms with E-state index in [2.05, 4.69) is 28.8 Å². The summed E-state index contributed by atoms with van der Waals surface area (Å²) in [6, 6.07) is 7.36. The van der Waals surface area contributed by atoms with Gasteiger partial charge in [-0.15, -0.1) is 11.3 Å². The topological polar surface area (TPSA) is 107 Å². The molecular weight excluding hydrogens is 456 g/mol. The van der Waals surface area contributed by atoms with Gasteiger partial charge in [0.1, 0.15) is 21.6 Å². The maximum Gasteiger partial charge on any atom is 0.348 e. The van der Waals surface area contributed by atoms with Crippen molar-refractivity contribution < 1.29 is 13.9 Å². The van der Waals surface area contributed by atoms with Crippen molar-refractivity contribution in [1.29, 1.82) is 0 Å². The van der Waals surface area contributed by atoms with Crippen molar-refractivity contribution >= 4 is 50.4 Å². The van der Waals surface area contributed by atoms with Crippen LogP contribution in [0.4, 0.5) is 5.69 Å². The van der Waals surface area contributed by atoms with Gasteiger partial charge >= 0.3 is 11.6 Å². The zero-order valence-corrected chi connectivity index (χ0v) is 20.1. The molecule has 9 nitrogen and oxygen atoms in total. The molecule has 3 heterocycles. The van der Waals surface area contributed by atoms with Gasteiger partial charge in [-0.1, -0.05) is 0 Å². The molecular formula is C24H24N4O5S. The van der Waals surface area contributed by atoms with E-state index in [9.17, 15) is 14.4 Å². The van der Waals surface area contributed by atoms with Crippen LogP contribution >= 0.6 is 11.3 Å². The van der Waals surface area contributed by atoms with Crippen LogP contribution in [-0.4, -0.2) is 41.5 Å². The number of carbonyl (C=O) groups excluding carboxylic acids is 1. The number of anilines is 1. The lowest BCUT2D eigenvalue weighted by Crippen LogP contribution is -2.21. The maximum absolute atomic E-state index is 13.0. The van der Waals surface area contributed by atoms with E-state index in [1.165, 1.54) is 12.5 Å². The lowest BCUT2D eigenvalue weighted by Gasteiger charge is -2.20. The molecule has 4 aromatic rings. The Morgan fingerprint density at radius 3 is 2.71 bits per heavy atom. The molecule has 0 saturated heterocycles. The predicted octanol–water partition coefficient (Wildman–Crippen LogP) is 3.78. The van der Waals surface area contributed by atoms with Gasteiger partial charge < -0.3 is 14.1 Å². The number of esters is 1. The Morgan fingerprint density at radius 2 is 2.00 bits per heavy atom. The number of nitrogens with zero attached hydrogens (tertiary/aromatic N) is 4. The van der Waals surface area contributed by atoms with Crippen molar-refractivity contribution in [3.8, 4) is 0 Å². The second-order valence-corrected chi connectivity index (χ2v) is 8.48. The van der Waals surface area contributed by atoms with Crippen LogP contribution in [0.5, 0.6) is 0 Å². The predicted molar refractivity (Wildman–Crippen MR) is 134 cm³/mol. The average Bonchev–Trinajstić information content (AvgIpc) is 3.17. The molecule has 34 heavy (non-hydrogen) atoms. The minimum Gasteiger partial charge on any atom is -0.462 e. The first-order chi connectivity index (χ1) is 16.4. The highest BCUT2D eigenvalue weighted by atomic mass is 32.1. The summed E-state index contributed by atoms with van der Waals surface area (Å²) in [6.07, 6.45) is 2.53. The lowest BCUT2D eigenvalue weighted by atomic mass is 10.1. The Bertz CT molecular complexity index is 1530. The normalized spacial score (nSPS) is 11.5. The molecule has 0 aliphatic carbocycles. The van der Waals surface area contributed by atoms with E-state index in [0.29, 0.717) is 26.2 Å². The Kier molecular flexibility index (Phi) is 6.60. The molecule has 0 N–H and O–H groups in total. The fourth-order valence-corrected chi connectivity index (χ4v) is 4.74. The number of thiophene rings is 1. The van der Waals surface area contributed by atoms with Gasteiger partial charge in [0.15, 0.2) is 0 Å². The van der Waals surface area contributed by atoms with Gasteiger partial charge in [0.25, 0.3) is 5.56 Å². The molecule has 0 atom stereocenters. The zero-order chi connectivity index (χ0) is 24.4. The molecule has 1 aromatic carbocycles. The molecule has 0 bridgehead atoms. The summed E-state index contributed by atoms with van der Waals surface area (Å²) in [6.45, 7) is 9.43. The highest BCUT2D eigenvalue weighted by Gasteiger charge is 2.20. The Labute approximate surface area is 198 Å². The average molecular weight is 481 g/mol. The van der Waals surface area contributed by atoms with Crippen LogP contribution in [0.15, 0.2) is 49.7 Å². The summed E-state index contributed by atoms with van der Waals surface area (Å²) in [5.41, 5.74) is 1.14. The van der Waals surface area contributed by atoms with E-state index < -0.39 is 17.2 Å². The van der Waals surface area contributed by atoms with E-state index >= 15 is 0 Å². The smallest absolute Gasteiger partial charge is 0.348 e. The van der Waals surface area contributed by atoms with E-state index in [4.69, 9.17) is 9.15 Å². The summed E-state index contributed by atoms with van der Waals surface area (Å²) < 4.78 is 11.6. The second kappa shape index (κ2) is 9.60. The van der Waals surface area contributed by atoms with E-state index in [0.717, 1.165) is 40.2 Å². The molecule has 0 radical (unpaired) electrons. The zero-order valence-electron chi connectivity index (χ0n) is 19.3. The van der Waals surface area contributed by atoms with Crippen LogP contribution in [0.1, 0.15) is 41.6 Å². The van der Waals surface area contributed by atoms with E-state index in [1.54, 1.807) is 19.9 Å². The number of fused-ring (bicyclic) bond motifs is 2. The van der Waals surface area contributed by atoms with E-state index in [-0.39, 0.29) is 12.2 Å². The summed E-state index contributed by atoms with van der Waals surface area (Å²) in [4.78, 5) is 44.8. The van der Waals surface area contributed by atoms with Crippen LogP contribution < -0.4 is 16.1 Å². The number of rotatable bonds is 7. The highest BCUT2D eigenvalue weighted by molar-refractivity contribution is 7.20. The Hall–Kier alpha value is -3.79. The first-order valence-corrected chi connectivity index (χ1v) is 11.7. The molecule has 3 aromatic heterocycles. The third-order valence-electron chi connectivity index (χ3n) is 5.49. The van der Waals surface area contributed by atoms with Crippen LogP contribution in [0.3, 0.4) is 0 Å². The molecule has 0 amide bonds. The number of aromatic nitrogens is 2. The largest absolute Gasteiger partial charge is 0.462 e. The van der Waals surface area contributed by atoms with Crippen LogP contribution in [0, 0.1) is 6.92 Å². The maximum atomic E-state index is 13.0. The molecule has 10 heteroatoms. The van der Waals surface area contributed by atoms with Crippen molar-refractivity contribution in [2.24, 2.45) is 5.10 Å². The van der Waals surface area contributed by atoms with Gasteiger partial charge in [-0.05, 0) is 51.5 Å². The molecule has 0 aliphatic heterocycles. The van der Waals surface area contributed by atoms with E-state index in [1.807, 2.05) is 18.2 Å². The van der Waals surface area contributed by atoms with Gasteiger partial charge in [-0.3, -0.25) is 4.79 Å². The summed E-state index contributed by atoms with van der Waals surface area (Å²) in [5.74, 6) is -0.490. The van der Waals surface area contributed by atoms with Gasteiger partial charge in [-0.25, -0.2) is 14.6 Å². The molecule has 176 valence electrons. The van der Waals surface area contributed by atoms with Gasteiger partial charge in [0.2, 0.25) is 0 Å².